The van der Waals surface area contributed by atoms with Crippen molar-refractivity contribution in [1.29, 1.82) is 0 Å². The third kappa shape index (κ3) is 4.51. The van der Waals surface area contributed by atoms with Crippen LogP contribution < -0.4 is 14.8 Å². The zero-order valence-electron chi connectivity index (χ0n) is 17.5. The highest BCUT2D eigenvalue weighted by Crippen LogP contribution is 2.42. The van der Waals surface area contributed by atoms with Gasteiger partial charge in [-0.3, -0.25) is 4.79 Å². The second-order valence-electron chi connectivity index (χ2n) is 7.20. The number of fused-ring (bicyclic) bond motifs is 1. The number of nitrogens with zero attached hydrogens (tertiary/aromatic N) is 1. The average molecular weight is 417 g/mol. The van der Waals surface area contributed by atoms with Crippen molar-refractivity contribution < 1.29 is 14.3 Å². The summed E-state index contributed by atoms with van der Waals surface area (Å²) in [6, 6.07) is 11.3. The normalized spacial score (nSPS) is 18.3. The molecule has 6 heteroatoms. The van der Waals surface area contributed by atoms with Crippen molar-refractivity contribution in [2.75, 3.05) is 33.9 Å². The van der Waals surface area contributed by atoms with Crippen molar-refractivity contribution in [2.45, 2.75) is 32.2 Å². The number of carbonyl (C=O) groups is 1. The molecule has 0 spiro atoms. The minimum atomic E-state index is -0.251. The predicted molar refractivity (Wildman–Crippen MR) is 116 cm³/mol. The van der Waals surface area contributed by atoms with Gasteiger partial charge in [-0.05, 0) is 67.0 Å². The molecule has 0 aliphatic carbocycles. The number of rotatable bonds is 8. The first-order chi connectivity index (χ1) is 14.0. The van der Waals surface area contributed by atoms with Gasteiger partial charge < -0.3 is 19.7 Å². The number of halogens is 1. The van der Waals surface area contributed by atoms with Gasteiger partial charge in [0.25, 0.3) is 0 Å². The first kappa shape index (κ1) is 21.5. The number of benzene rings is 2. The van der Waals surface area contributed by atoms with Gasteiger partial charge in [-0.1, -0.05) is 37.6 Å². The van der Waals surface area contributed by atoms with Gasteiger partial charge in [-0.15, -0.1) is 0 Å². The predicted octanol–water partition coefficient (Wildman–Crippen LogP) is 4.39. The van der Waals surface area contributed by atoms with Crippen LogP contribution in [-0.2, 0) is 4.79 Å². The first-order valence-corrected chi connectivity index (χ1v) is 10.4. The van der Waals surface area contributed by atoms with Gasteiger partial charge in [0, 0.05) is 5.02 Å². The van der Waals surface area contributed by atoms with Gasteiger partial charge >= 0.3 is 0 Å². The van der Waals surface area contributed by atoms with Crippen LogP contribution in [0.15, 0.2) is 36.4 Å². The molecule has 1 heterocycles. The Balaban J connectivity index is 2.05. The van der Waals surface area contributed by atoms with E-state index in [1.165, 1.54) is 0 Å². The quantitative estimate of drug-likeness (QED) is 0.693. The summed E-state index contributed by atoms with van der Waals surface area (Å²) in [7, 11) is 3.25. The zero-order chi connectivity index (χ0) is 21.0. The molecule has 1 N–H and O–H groups in total. The SMILES string of the molecule is CCN(CC)CCC1C(=O)NC(c2ccc(Cl)cc2)c2cc(OC)c(OC)cc21. The zero-order valence-corrected chi connectivity index (χ0v) is 18.3. The van der Waals surface area contributed by atoms with E-state index in [1.807, 2.05) is 36.4 Å². The van der Waals surface area contributed by atoms with E-state index in [1.54, 1.807) is 14.2 Å². The Morgan fingerprint density at radius 1 is 1.00 bits per heavy atom. The van der Waals surface area contributed by atoms with E-state index in [-0.39, 0.29) is 17.9 Å². The summed E-state index contributed by atoms with van der Waals surface area (Å²) >= 11 is 6.06. The van der Waals surface area contributed by atoms with Crippen molar-refractivity contribution in [2.24, 2.45) is 0 Å². The molecule has 2 unspecified atom stereocenters. The van der Waals surface area contributed by atoms with Gasteiger partial charge in [0.1, 0.15) is 0 Å². The molecule has 1 aliphatic rings. The van der Waals surface area contributed by atoms with E-state index in [0.717, 1.165) is 42.7 Å². The molecule has 1 aliphatic heterocycles. The molecule has 0 bridgehead atoms. The maximum Gasteiger partial charge on any atom is 0.228 e. The largest absolute Gasteiger partial charge is 0.493 e. The molecule has 0 saturated carbocycles. The molecule has 156 valence electrons. The van der Waals surface area contributed by atoms with E-state index in [4.69, 9.17) is 21.1 Å². The molecule has 1 amide bonds. The van der Waals surface area contributed by atoms with Crippen molar-refractivity contribution in [3.63, 3.8) is 0 Å². The Bertz CT molecular complexity index is 850. The van der Waals surface area contributed by atoms with Gasteiger partial charge in [-0.2, -0.15) is 0 Å². The molecule has 0 fully saturated rings. The molecule has 5 nitrogen and oxygen atoms in total. The first-order valence-electron chi connectivity index (χ1n) is 10.1. The molecule has 29 heavy (non-hydrogen) atoms. The van der Waals surface area contributed by atoms with Gasteiger partial charge in [0.2, 0.25) is 5.91 Å². The van der Waals surface area contributed by atoms with Gasteiger partial charge in [0.15, 0.2) is 11.5 Å². The monoisotopic (exact) mass is 416 g/mol. The summed E-state index contributed by atoms with van der Waals surface area (Å²) in [6.45, 7) is 7.09. The highest BCUT2D eigenvalue weighted by molar-refractivity contribution is 6.30. The number of hydrogen-bond acceptors (Lipinski definition) is 4. The average Bonchev–Trinajstić information content (AvgIpc) is 2.75. The van der Waals surface area contributed by atoms with Gasteiger partial charge in [0.05, 0.1) is 26.2 Å². The lowest BCUT2D eigenvalue weighted by atomic mass is 9.81. The summed E-state index contributed by atoms with van der Waals surface area (Å²) in [6.07, 6.45) is 0.753. The number of hydrogen-bond donors (Lipinski definition) is 1. The lowest BCUT2D eigenvalue weighted by Gasteiger charge is -2.34. The Hall–Kier alpha value is -2.24. The summed E-state index contributed by atoms with van der Waals surface area (Å²) in [5, 5.41) is 3.88. The van der Waals surface area contributed by atoms with Crippen LogP contribution >= 0.6 is 11.6 Å². The van der Waals surface area contributed by atoms with Crippen LogP contribution in [0.4, 0.5) is 0 Å². The topological polar surface area (TPSA) is 50.8 Å². The lowest BCUT2D eigenvalue weighted by molar-refractivity contribution is -0.124. The summed E-state index contributed by atoms with van der Waals surface area (Å²) in [4.78, 5) is 15.5. The highest BCUT2D eigenvalue weighted by Gasteiger charge is 2.35. The molecule has 3 rings (SSSR count). The summed E-state index contributed by atoms with van der Waals surface area (Å²) < 4.78 is 11.1. The third-order valence-corrected chi connectivity index (χ3v) is 5.96. The van der Waals surface area contributed by atoms with Crippen LogP contribution in [0.1, 0.15) is 48.9 Å². The van der Waals surface area contributed by atoms with Crippen LogP contribution in [-0.4, -0.2) is 44.7 Å². The molecule has 0 aromatic heterocycles. The van der Waals surface area contributed by atoms with Crippen LogP contribution in [0.2, 0.25) is 5.02 Å². The second kappa shape index (κ2) is 9.51. The maximum atomic E-state index is 13.1. The Morgan fingerprint density at radius 2 is 1.59 bits per heavy atom. The minimum Gasteiger partial charge on any atom is -0.493 e. The Morgan fingerprint density at radius 3 is 2.14 bits per heavy atom. The fourth-order valence-corrected chi connectivity index (χ4v) is 4.11. The fourth-order valence-electron chi connectivity index (χ4n) is 3.98. The maximum absolute atomic E-state index is 13.1. The molecular formula is C23H29ClN2O3. The lowest BCUT2D eigenvalue weighted by Crippen LogP contribution is -2.40. The molecule has 2 aromatic carbocycles. The van der Waals surface area contributed by atoms with Crippen LogP contribution in [0.25, 0.3) is 0 Å². The number of amides is 1. The molecule has 0 radical (unpaired) electrons. The van der Waals surface area contributed by atoms with Gasteiger partial charge in [-0.25, -0.2) is 0 Å². The van der Waals surface area contributed by atoms with Crippen molar-refractivity contribution in [3.8, 4) is 11.5 Å². The van der Waals surface area contributed by atoms with Crippen molar-refractivity contribution in [3.05, 3.63) is 58.1 Å². The second-order valence-corrected chi connectivity index (χ2v) is 7.63. The Kier molecular flexibility index (Phi) is 7.04. The van der Waals surface area contributed by atoms with E-state index in [9.17, 15) is 4.79 Å². The smallest absolute Gasteiger partial charge is 0.228 e. The van der Waals surface area contributed by atoms with Crippen molar-refractivity contribution in [1.82, 2.24) is 10.2 Å². The number of carbonyl (C=O) groups excluding carboxylic acids is 1. The van der Waals surface area contributed by atoms with E-state index in [0.29, 0.717) is 16.5 Å². The van der Waals surface area contributed by atoms with Crippen LogP contribution in [0, 0.1) is 0 Å². The van der Waals surface area contributed by atoms with Crippen molar-refractivity contribution >= 4 is 17.5 Å². The van der Waals surface area contributed by atoms with E-state index in [2.05, 4.69) is 24.1 Å². The highest BCUT2D eigenvalue weighted by atomic mass is 35.5. The number of ether oxygens (including phenoxy) is 2. The summed E-state index contributed by atoms with van der Waals surface area (Å²) in [5.41, 5.74) is 3.02. The number of nitrogens with one attached hydrogen (secondary N) is 1. The summed E-state index contributed by atoms with van der Waals surface area (Å²) in [5.74, 6) is 1.11. The third-order valence-electron chi connectivity index (χ3n) is 5.71. The Labute approximate surface area is 177 Å². The van der Waals surface area contributed by atoms with Crippen LogP contribution in [0.5, 0.6) is 11.5 Å². The molecule has 2 aromatic rings. The minimum absolute atomic E-state index is 0.0387. The number of methoxy groups -OCH3 is 2. The molecule has 2 atom stereocenters. The standard InChI is InChI=1S/C23H29ClN2O3/c1-5-26(6-2)12-11-17-18-13-20(28-3)21(29-4)14-19(18)22(25-23(17)27)15-7-9-16(24)10-8-15/h7-10,13-14,17,22H,5-6,11-12H2,1-4H3,(H,25,27). The fraction of sp³-hybridized carbons (Fsp3) is 0.435. The molecular weight excluding hydrogens is 388 g/mol. The van der Waals surface area contributed by atoms with E-state index >= 15 is 0 Å². The van der Waals surface area contributed by atoms with Crippen LogP contribution in [0.3, 0.4) is 0 Å². The molecule has 0 saturated heterocycles. The van der Waals surface area contributed by atoms with E-state index < -0.39 is 0 Å².